The van der Waals surface area contributed by atoms with Crippen molar-refractivity contribution < 1.29 is 27.4 Å². The summed E-state index contributed by atoms with van der Waals surface area (Å²) in [5.41, 5.74) is 5.74. The summed E-state index contributed by atoms with van der Waals surface area (Å²) in [5, 5.41) is 3.22. The minimum Gasteiger partial charge on any atom is -0.493 e. The number of nitrogens with one attached hydrogen (secondary N) is 2. The average Bonchev–Trinajstić information content (AvgIpc) is 3.25. The third kappa shape index (κ3) is 6.48. The van der Waals surface area contributed by atoms with Crippen LogP contribution in [0.1, 0.15) is 35.7 Å². The van der Waals surface area contributed by atoms with Gasteiger partial charge >= 0.3 is 6.18 Å². The third-order valence-corrected chi connectivity index (χ3v) is 7.03. The molecular formula is C25H33F3N6O3. The molecule has 37 heavy (non-hydrogen) atoms. The maximum atomic E-state index is 13.5. The molecule has 9 nitrogen and oxygen atoms in total. The molecular weight excluding hydrogens is 489 g/mol. The van der Waals surface area contributed by atoms with Crippen LogP contribution in [0.2, 0.25) is 0 Å². The van der Waals surface area contributed by atoms with E-state index in [1.165, 1.54) is 0 Å². The second kappa shape index (κ2) is 11.2. The van der Waals surface area contributed by atoms with E-state index in [0.29, 0.717) is 51.4 Å². The quantitative estimate of drug-likeness (QED) is 0.552. The van der Waals surface area contributed by atoms with Crippen LogP contribution < -0.4 is 15.5 Å². The van der Waals surface area contributed by atoms with E-state index in [-0.39, 0.29) is 6.42 Å². The van der Waals surface area contributed by atoms with Gasteiger partial charge in [-0.25, -0.2) is 9.66 Å². The molecule has 0 spiro atoms. The molecule has 0 bridgehead atoms. The van der Waals surface area contributed by atoms with E-state index >= 15 is 0 Å². The van der Waals surface area contributed by atoms with Gasteiger partial charge in [0.25, 0.3) is 0 Å². The molecule has 12 heteroatoms. The summed E-state index contributed by atoms with van der Waals surface area (Å²) in [6.07, 6.45) is -1.08. The molecule has 1 atom stereocenters. The van der Waals surface area contributed by atoms with Crippen LogP contribution >= 0.6 is 0 Å². The molecule has 5 rings (SSSR count). The Bertz CT molecular complexity index is 1060. The number of carbonyl (C=O) groups is 1. The summed E-state index contributed by atoms with van der Waals surface area (Å²) in [4.78, 5) is 20.6. The number of morpholine rings is 1. The van der Waals surface area contributed by atoms with E-state index in [9.17, 15) is 18.0 Å². The van der Waals surface area contributed by atoms with Gasteiger partial charge < -0.3 is 25.1 Å². The zero-order chi connectivity index (χ0) is 25.8. The Morgan fingerprint density at radius 1 is 1.16 bits per heavy atom. The SMILES string of the molecule is O=C1CCc2ccc(OCCc3cn4c(n3)NCCN4)cc2C(CCN2CCOCC2)N1CC(F)(F)F. The minimum absolute atomic E-state index is 0.0599. The molecule has 0 saturated carbocycles. The van der Waals surface area contributed by atoms with Crippen LogP contribution in [0.5, 0.6) is 5.75 Å². The molecule has 2 N–H and O–H groups in total. The Labute approximate surface area is 213 Å². The Morgan fingerprint density at radius 3 is 2.78 bits per heavy atom. The first kappa shape index (κ1) is 25.7. The fraction of sp³-hybridized carbons (Fsp3) is 0.600. The fourth-order valence-corrected chi connectivity index (χ4v) is 5.18. The Balaban J connectivity index is 1.32. The van der Waals surface area contributed by atoms with E-state index < -0.39 is 24.7 Å². The molecule has 1 unspecified atom stereocenters. The van der Waals surface area contributed by atoms with Crippen LogP contribution in [0.15, 0.2) is 24.4 Å². The monoisotopic (exact) mass is 522 g/mol. The lowest BCUT2D eigenvalue weighted by Crippen LogP contribution is -2.43. The van der Waals surface area contributed by atoms with Crippen LogP contribution in [-0.2, 0) is 22.4 Å². The average molecular weight is 523 g/mol. The van der Waals surface area contributed by atoms with Gasteiger partial charge in [-0.1, -0.05) is 6.07 Å². The molecule has 1 fully saturated rings. The summed E-state index contributed by atoms with van der Waals surface area (Å²) < 4.78 is 53.8. The standard InChI is InChI=1S/C25H33F3N6O3/c26-25(27,28)17-33-22(5-9-32-10-13-36-14-11-32)21-15-20(3-1-18(21)2-4-23(33)35)37-12-6-19-16-34-24(31-19)29-7-8-30-34/h1,3,15-16,22,30H,2,4-14,17H2,(H,29,31). The molecule has 1 aromatic carbocycles. The van der Waals surface area contributed by atoms with Gasteiger partial charge in [0.2, 0.25) is 11.9 Å². The van der Waals surface area contributed by atoms with Gasteiger partial charge in [-0.3, -0.25) is 9.69 Å². The number of carbonyl (C=O) groups excluding carboxylic acids is 1. The zero-order valence-corrected chi connectivity index (χ0v) is 20.7. The van der Waals surface area contributed by atoms with E-state index in [2.05, 4.69) is 20.6 Å². The number of hydrogen-bond donors (Lipinski definition) is 2. The van der Waals surface area contributed by atoms with Crippen molar-refractivity contribution in [2.45, 2.75) is 37.9 Å². The normalized spacial score (nSPS) is 20.5. The number of benzene rings is 1. The number of aromatic nitrogens is 2. The van der Waals surface area contributed by atoms with E-state index in [1.54, 1.807) is 0 Å². The van der Waals surface area contributed by atoms with Crippen molar-refractivity contribution in [3.8, 4) is 5.75 Å². The third-order valence-electron chi connectivity index (χ3n) is 7.03. The highest BCUT2D eigenvalue weighted by Gasteiger charge is 2.39. The summed E-state index contributed by atoms with van der Waals surface area (Å²) in [5.74, 6) is 0.884. The van der Waals surface area contributed by atoms with Gasteiger partial charge in [-0.15, -0.1) is 0 Å². The van der Waals surface area contributed by atoms with Gasteiger partial charge in [0.05, 0.1) is 37.8 Å². The van der Waals surface area contributed by atoms with Crippen molar-refractivity contribution in [3.63, 3.8) is 0 Å². The van der Waals surface area contributed by atoms with Crippen LogP contribution in [0, 0.1) is 0 Å². The zero-order valence-electron chi connectivity index (χ0n) is 20.7. The second-order valence-electron chi connectivity index (χ2n) is 9.62. The number of nitrogens with zero attached hydrogens (tertiary/aromatic N) is 4. The van der Waals surface area contributed by atoms with E-state index in [4.69, 9.17) is 9.47 Å². The van der Waals surface area contributed by atoms with E-state index in [1.807, 2.05) is 29.1 Å². The van der Waals surface area contributed by atoms with Gasteiger partial charge in [-0.05, 0) is 36.1 Å². The lowest BCUT2D eigenvalue weighted by atomic mass is 9.95. The van der Waals surface area contributed by atoms with Crippen molar-refractivity contribution in [3.05, 3.63) is 41.2 Å². The van der Waals surface area contributed by atoms with Crippen LogP contribution in [0.25, 0.3) is 0 Å². The largest absolute Gasteiger partial charge is 0.493 e. The summed E-state index contributed by atoms with van der Waals surface area (Å²) >= 11 is 0. The molecule has 3 aliphatic heterocycles. The summed E-state index contributed by atoms with van der Waals surface area (Å²) in [7, 11) is 0. The number of aryl methyl sites for hydroxylation is 1. The fourth-order valence-electron chi connectivity index (χ4n) is 5.18. The van der Waals surface area contributed by atoms with Gasteiger partial charge in [0.15, 0.2) is 0 Å². The molecule has 0 radical (unpaired) electrons. The highest BCUT2D eigenvalue weighted by Crippen LogP contribution is 2.36. The Kier molecular flexibility index (Phi) is 7.75. The smallest absolute Gasteiger partial charge is 0.406 e. The minimum atomic E-state index is -4.47. The lowest BCUT2D eigenvalue weighted by molar-refractivity contribution is -0.166. The number of ether oxygens (including phenoxy) is 2. The van der Waals surface area contributed by atoms with Gasteiger partial charge in [0.1, 0.15) is 12.3 Å². The number of amides is 1. The maximum absolute atomic E-state index is 13.5. The Hall–Kier alpha value is -2.99. The van der Waals surface area contributed by atoms with E-state index in [0.717, 1.165) is 53.8 Å². The van der Waals surface area contributed by atoms with Crippen molar-refractivity contribution in [1.29, 1.82) is 0 Å². The molecule has 202 valence electrons. The summed E-state index contributed by atoms with van der Waals surface area (Å²) in [6.45, 7) is 4.02. The highest BCUT2D eigenvalue weighted by atomic mass is 19.4. The molecule has 3 aliphatic rings. The molecule has 2 aromatic rings. The van der Waals surface area contributed by atoms with Crippen LogP contribution in [0.3, 0.4) is 0 Å². The lowest BCUT2D eigenvalue weighted by Gasteiger charge is -2.34. The van der Waals surface area contributed by atoms with Crippen LogP contribution in [-0.4, -0.2) is 90.6 Å². The maximum Gasteiger partial charge on any atom is 0.406 e. The first-order valence-electron chi connectivity index (χ1n) is 12.8. The molecule has 0 aliphatic carbocycles. The second-order valence-corrected chi connectivity index (χ2v) is 9.62. The highest BCUT2D eigenvalue weighted by molar-refractivity contribution is 5.78. The number of imidazole rings is 1. The van der Waals surface area contributed by atoms with Crippen LogP contribution in [0.4, 0.5) is 19.1 Å². The number of rotatable bonds is 8. The Morgan fingerprint density at radius 2 is 2.00 bits per heavy atom. The predicted octanol–water partition coefficient (Wildman–Crippen LogP) is 2.57. The number of hydrogen-bond acceptors (Lipinski definition) is 7. The van der Waals surface area contributed by atoms with Crippen molar-refractivity contribution in [1.82, 2.24) is 19.5 Å². The number of anilines is 1. The van der Waals surface area contributed by atoms with Crippen molar-refractivity contribution in [2.24, 2.45) is 0 Å². The molecule has 4 heterocycles. The van der Waals surface area contributed by atoms with Gasteiger partial charge in [0, 0.05) is 45.6 Å². The summed E-state index contributed by atoms with van der Waals surface area (Å²) in [6, 6.07) is 4.88. The number of halogens is 3. The first-order valence-corrected chi connectivity index (χ1v) is 12.8. The predicted molar refractivity (Wildman–Crippen MR) is 131 cm³/mol. The molecule has 1 saturated heterocycles. The number of alkyl halides is 3. The van der Waals surface area contributed by atoms with Crippen molar-refractivity contribution in [2.75, 3.05) is 69.8 Å². The number of fused-ring (bicyclic) bond motifs is 2. The topological polar surface area (TPSA) is 83.9 Å². The molecule has 1 aromatic heterocycles. The van der Waals surface area contributed by atoms with Gasteiger partial charge in [-0.2, -0.15) is 13.2 Å². The van der Waals surface area contributed by atoms with Crippen molar-refractivity contribution >= 4 is 11.9 Å². The first-order chi connectivity index (χ1) is 17.9. The molecule has 1 amide bonds.